The molecule has 5 heteroatoms. The molecule has 0 saturated carbocycles. The minimum absolute atomic E-state index is 0.0607. The van der Waals surface area contributed by atoms with Crippen LogP contribution in [0.2, 0.25) is 0 Å². The molecule has 5 nitrogen and oxygen atoms in total. The molecular formula is C24H29N3O2. The number of anilines is 1. The number of carbonyl (C=O) groups is 2. The lowest BCUT2D eigenvalue weighted by atomic mass is 9.89. The van der Waals surface area contributed by atoms with Crippen LogP contribution in [0.3, 0.4) is 0 Å². The van der Waals surface area contributed by atoms with Gasteiger partial charge in [-0.2, -0.15) is 0 Å². The summed E-state index contributed by atoms with van der Waals surface area (Å²) in [6.45, 7) is 6.90. The van der Waals surface area contributed by atoms with Crippen LogP contribution in [0, 0.1) is 5.92 Å². The van der Waals surface area contributed by atoms with Gasteiger partial charge in [0, 0.05) is 37.8 Å². The van der Waals surface area contributed by atoms with Gasteiger partial charge in [-0.15, -0.1) is 0 Å². The number of hydrogen-bond donors (Lipinski definition) is 1. The number of likely N-dealkylation sites (tertiary alicyclic amines) is 1. The number of nitrogens with zero attached hydrogens (tertiary/aromatic N) is 2. The second-order valence-corrected chi connectivity index (χ2v) is 8.43. The quantitative estimate of drug-likeness (QED) is 0.832. The fourth-order valence-electron chi connectivity index (χ4n) is 4.32. The Morgan fingerprint density at radius 2 is 1.48 bits per heavy atom. The van der Waals surface area contributed by atoms with Crippen molar-refractivity contribution in [3.05, 3.63) is 65.2 Å². The summed E-state index contributed by atoms with van der Waals surface area (Å²) in [4.78, 5) is 28.6. The Kier molecular flexibility index (Phi) is 5.56. The van der Waals surface area contributed by atoms with Crippen LogP contribution in [0.4, 0.5) is 10.5 Å². The van der Waals surface area contributed by atoms with E-state index in [1.807, 2.05) is 47.9 Å². The molecular weight excluding hydrogens is 362 g/mol. The second kappa shape index (κ2) is 8.27. The van der Waals surface area contributed by atoms with E-state index in [4.69, 9.17) is 0 Å². The van der Waals surface area contributed by atoms with E-state index in [1.54, 1.807) is 0 Å². The molecule has 0 spiro atoms. The zero-order chi connectivity index (χ0) is 20.4. The first kappa shape index (κ1) is 19.5. The van der Waals surface area contributed by atoms with Crippen LogP contribution in [-0.2, 0) is 17.9 Å². The number of nitrogens with one attached hydrogen (secondary N) is 1. The lowest BCUT2D eigenvalue weighted by Gasteiger charge is -2.33. The van der Waals surface area contributed by atoms with Crippen LogP contribution in [0.1, 0.15) is 49.3 Å². The molecule has 0 radical (unpaired) electrons. The number of fused-ring (bicyclic) bond motifs is 1. The summed E-state index contributed by atoms with van der Waals surface area (Å²) < 4.78 is 0. The Balaban J connectivity index is 1.31. The molecule has 3 amide bonds. The van der Waals surface area contributed by atoms with Crippen molar-refractivity contribution in [3.8, 4) is 0 Å². The van der Waals surface area contributed by atoms with Gasteiger partial charge < -0.3 is 15.1 Å². The number of piperidine rings is 1. The van der Waals surface area contributed by atoms with Gasteiger partial charge in [-0.25, -0.2) is 4.79 Å². The number of benzene rings is 2. The van der Waals surface area contributed by atoms with Crippen molar-refractivity contribution < 1.29 is 9.59 Å². The molecule has 2 aliphatic rings. The van der Waals surface area contributed by atoms with Crippen molar-refractivity contribution >= 4 is 17.6 Å². The summed E-state index contributed by atoms with van der Waals surface area (Å²) >= 11 is 0. The number of amides is 3. The van der Waals surface area contributed by atoms with Gasteiger partial charge >= 0.3 is 6.03 Å². The van der Waals surface area contributed by atoms with E-state index < -0.39 is 0 Å². The van der Waals surface area contributed by atoms with Crippen molar-refractivity contribution in [1.82, 2.24) is 9.80 Å². The third-order valence-corrected chi connectivity index (χ3v) is 6.06. The fourth-order valence-corrected chi connectivity index (χ4v) is 4.32. The molecule has 1 fully saturated rings. The summed E-state index contributed by atoms with van der Waals surface area (Å²) in [7, 11) is 0. The molecule has 1 saturated heterocycles. The van der Waals surface area contributed by atoms with Crippen molar-refractivity contribution in [1.29, 1.82) is 0 Å². The van der Waals surface area contributed by atoms with Crippen molar-refractivity contribution in [2.75, 3.05) is 18.4 Å². The average Bonchev–Trinajstić information content (AvgIpc) is 3.18. The van der Waals surface area contributed by atoms with Gasteiger partial charge in [0.15, 0.2) is 0 Å². The molecule has 0 unspecified atom stereocenters. The number of carbonyl (C=O) groups excluding carboxylic acids is 2. The molecule has 2 aliphatic heterocycles. The first-order valence-electron chi connectivity index (χ1n) is 10.5. The number of urea groups is 1. The molecule has 1 N–H and O–H groups in total. The monoisotopic (exact) mass is 391 g/mol. The first-order chi connectivity index (χ1) is 14.0. The maximum atomic E-state index is 12.6. The SMILES string of the molecule is CC(C)C(=O)N1CCC(c2ccc(NC(=O)N3Cc4ccccc4C3)cc2)CC1. The van der Waals surface area contributed by atoms with E-state index in [2.05, 4.69) is 29.6 Å². The Morgan fingerprint density at radius 1 is 0.897 bits per heavy atom. The number of rotatable bonds is 3. The largest absolute Gasteiger partial charge is 0.342 e. The molecule has 0 atom stereocenters. The van der Waals surface area contributed by atoms with Gasteiger partial charge in [-0.05, 0) is 47.6 Å². The average molecular weight is 392 g/mol. The predicted molar refractivity (Wildman–Crippen MR) is 115 cm³/mol. The van der Waals surface area contributed by atoms with Gasteiger partial charge in [-0.3, -0.25) is 4.79 Å². The summed E-state index contributed by atoms with van der Waals surface area (Å²) in [5.41, 5.74) is 4.55. The minimum Gasteiger partial charge on any atom is -0.342 e. The molecule has 0 aliphatic carbocycles. The van der Waals surface area contributed by atoms with Gasteiger partial charge in [-0.1, -0.05) is 50.2 Å². The van der Waals surface area contributed by atoms with Gasteiger partial charge in [0.1, 0.15) is 0 Å². The maximum absolute atomic E-state index is 12.6. The lowest BCUT2D eigenvalue weighted by Crippen LogP contribution is -2.40. The van der Waals surface area contributed by atoms with E-state index in [9.17, 15) is 9.59 Å². The van der Waals surface area contributed by atoms with Crippen molar-refractivity contribution in [2.24, 2.45) is 5.92 Å². The topological polar surface area (TPSA) is 52.7 Å². The molecule has 0 bridgehead atoms. The maximum Gasteiger partial charge on any atom is 0.322 e. The normalized spacial score (nSPS) is 16.8. The second-order valence-electron chi connectivity index (χ2n) is 8.43. The highest BCUT2D eigenvalue weighted by atomic mass is 16.2. The highest BCUT2D eigenvalue weighted by Crippen LogP contribution is 2.30. The highest BCUT2D eigenvalue weighted by molar-refractivity contribution is 5.89. The first-order valence-corrected chi connectivity index (χ1v) is 10.5. The summed E-state index contributed by atoms with van der Waals surface area (Å²) in [6, 6.07) is 16.3. The Labute approximate surface area is 172 Å². The third kappa shape index (κ3) is 4.29. The van der Waals surface area contributed by atoms with E-state index in [0.29, 0.717) is 19.0 Å². The van der Waals surface area contributed by atoms with Crippen LogP contribution in [0.5, 0.6) is 0 Å². The molecule has 0 aromatic heterocycles. The van der Waals surface area contributed by atoms with Crippen molar-refractivity contribution in [3.63, 3.8) is 0 Å². The molecule has 4 rings (SSSR count). The third-order valence-electron chi connectivity index (χ3n) is 6.06. The highest BCUT2D eigenvalue weighted by Gasteiger charge is 2.25. The summed E-state index contributed by atoms with van der Waals surface area (Å²) in [5, 5.41) is 3.02. The predicted octanol–water partition coefficient (Wildman–Crippen LogP) is 4.60. The molecule has 2 aromatic rings. The molecule has 2 heterocycles. The fraction of sp³-hybridized carbons (Fsp3) is 0.417. The van der Waals surface area contributed by atoms with E-state index >= 15 is 0 Å². The van der Waals surface area contributed by atoms with Crippen LogP contribution >= 0.6 is 0 Å². The zero-order valence-corrected chi connectivity index (χ0v) is 17.2. The standard InChI is InChI=1S/C24H29N3O2/c1-17(2)23(28)26-13-11-19(12-14-26)18-7-9-22(10-8-18)25-24(29)27-15-20-5-3-4-6-21(20)16-27/h3-10,17,19H,11-16H2,1-2H3,(H,25,29). The van der Waals surface area contributed by atoms with Crippen LogP contribution < -0.4 is 5.32 Å². The smallest absolute Gasteiger partial charge is 0.322 e. The van der Waals surface area contributed by atoms with E-state index in [0.717, 1.165) is 31.6 Å². The van der Waals surface area contributed by atoms with Gasteiger partial charge in [0.2, 0.25) is 5.91 Å². The minimum atomic E-state index is -0.0607. The van der Waals surface area contributed by atoms with Gasteiger partial charge in [0.05, 0.1) is 0 Å². The Hall–Kier alpha value is -2.82. The Bertz CT molecular complexity index is 858. The van der Waals surface area contributed by atoms with Crippen LogP contribution in [0.25, 0.3) is 0 Å². The van der Waals surface area contributed by atoms with E-state index in [-0.39, 0.29) is 17.9 Å². The molecule has 152 valence electrons. The van der Waals surface area contributed by atoms with Crippen LogP contribution in [-0.4, -0.2) is 34.8 Å². The molecule has 29 heavy (non-hydrogen) atoms. The zero-order valence-electron chi connectivity index (χ0n) is 17.2. The summed E-state index contributed by atoms with van der Waals surface area (Å²) in [6.07, 6.45) is 1.99. The summed E-state index contributed by atoms with van der Waals surface area (Å²) in [5.74, 6) is 0.799. The molecule has 2 aromatic carbocycles. The van der Waals surface area contributed by atoms with E-state index in [1.165, 1.54) is 16.7 Å². The van der Waals surface area contributed by atoms with Crippen molar-refractivity contribution in [2.45, 2.75) is 45.7 Å². The Morgan fingerprint density at radius 3 is 2.03 bits per heavy atom. The van der Waals surface area contributed by atoms with Crippen LogP contribution in [0.15, 0.2) is 48.5 Å². The van der Waals surface area contributed by atoms with Gasteiger partial charge in [0.25, 0.3) is 0 Å². The lowest BCUT2D eigenvalue weighted by molar-refractivity contribution is -0.135. The number of hydrogen-bond acceptors (Lipinski definition) is 2.